The maximum Gasteiger partial charge on any atom is 0.338 e. The summed E-state index contributed by atoms with van der Waals surface area (Å²) in [7, 11) is 0. The first kappa shape index (κ1) is 17.7. The van der Waals surface area contributed by atoms with Crippen molar-refractivity contribution < 1.29 is 18.7 Å². The molecule has 4 nitrogen and oxygen atoms in total. The molecule has 2 rings (SSSR count). The van der Waals surface area contributed by atoms with E-state index < -0.39 is 24.3 Å². The van der Waals surface area contributed by atoms with Crippen molar-refractivity contribution in [2.24, 2.45) is 0 Å². The predicted molar refractivity (Wildman–Crippen MR) is 89.1 cm³/mol. The lowest BCUT2D eigenvalue weighted by Crippen LogP contribution is -2.28. The van der Waals surface area contributed by atoms with Gasteiger partial charge in [0.15, 0.2) is 6.61 Å². The van der Waals surface area contributed by atoms with Crippen LogP contribution in [-0.2, 0) is 22.5 Å². The van der Waals surface area contributed by atoms with Gasteiger partial charge in [-0.05, 0) is 42.2 Å². The molecule has 0 aliphatic carbocycles. The quantitative estimate of drug-likeness (QED) is 0.828. The zero-order valence-corrected chi connectivity index (χ0v) is 13.8. The summed E-state index contributed by atoms with van der Waals surface area (Å²) in [4.78, 5) is 23.5. The van der Waals surface area contributed by atoms with Crippen LogP contribution in [0.4, 0.5) is 4.39 Å². The van der Waals surface area contributed by atoms with Crippen molar-refractivity contribution in [1.82, 2.24) is 5.32 Å². The van der Waals surface area contributed by atoms with Crippen LogP contribution in [0, 0.1) is 12.7 Å². The Hall–Kier alpha value is -2.69. The third-order valence-corrected chi connectivity index (χ3v) is 3.66. The fourth-order valence-corrected chi connectivity index (χ4v) is 2.08. The number of amides is 1. The van der Waals surface area contributed by atoms with Gasteiger partial charge in [-0.1, -0.05) is 37.3 Å². The number of halogens is 1. The van der Waals surface area contributed by atoms with Gasteiger partial charge in [-0.15, -0.1) is 0 Å². The number of nitrogens with one attached hydrogen (secondary N) is 1. The molecule has 5 heteroatoms. The Morgan fingerprint density at radius 3 is 2.38 bits per heavy atom. The van der Waals surface area contributed by atoms with E-state index in [1.165, 1.54) is 17.7 Å². The summed E-state index contributed by atoms with van der Waals surface area (Å²) in [6.07, 6.45) is 0.961. The van der Waals surface area contributed by atoms with Gasteiger partial charge in [0.25, 0.3) is 5.91 Å². The second-order valence-corrected chi connectivity index (χ2v) is 5.49. The Labute approximate surface area is 140 Å². The zero-order valence-electron chi connectivity index (χ0n) is 13.8. The molecule has 0 aromatic heterocycles. The van der Waals surface area contributed by atoms with Gasteiger partial charge in [0, 0.05) is 6.54 Å². The number of benzene rings is 2. The summed E-state index contributed by atoms with van der Waals surface area (Å²) < 4.78 is 18.3. The van der Waals surface area contributed by atoms with Crippen molar-refractivity contribution in [3.05, 3.63) is 70.5 Å². The number of ether oxygens (including phenoxy) is 1. The van der Waals surface area contributed by atoms with Crippen LogP contribution in [0.1, 0.15) is 34.0 Å². The normalized spacial score (nSPS) is 10.3. The van der Waals surface area contributed by atoms with Gasteiger partial charge in [0.1, 0.15) is 5.82 Å². The number of esters is 1. The number of hydrogen-bond donors (Lipinski definition) is 1. The van der Waals surface area contributed by atoms with Crippen molar-refractivity contribution in [3.63, 3.8) is 0 Å². The summed E-state index contributed by atoms with van der Waals surface area (Å²) in [6.45, 7) is 3.64. The third kappa shape index (κ3) is 4.91. The summed E-state index contributed by atoms with van der Waals surface area (Å²) >= 11 is 0. The number of rotatable bonds is 6. The van der Waals surface area contributed by atoms with Gasteiger partial charge in [0.05, 0.1) is 5.56 Å². The first-order valence-electron chi connectivity index (χ1n) is 7.77. The SMILES string of the molecule is CCc1ccc(CNC(=O)COC(=O)c2ccc(C)c(F)c2)cc1. The standard InChI is InChI=1S/C19H20FNO3/c1-3-14-5-7-15(8-6-14)11-21-18(22)12-24-19(23)16-9-4-13(2)17(20)10-16/h4-10H,3,11-12H2,1-2H3,(H,21,22). The molecule has 1 N–H and O–H groups in total. The van der Waals surface area contributed by atoms with E-state index in [-0.39, 0.29) is 5.56 Å². The van der Waals surface area contributed by atoms with Crippen LogP contribution in [0.15, 0.2) is 42.5 Å². The Balaban J connectivity index is 1.79. The first-order chi connectivity index (χ1) is 11.5. The van der Waals surface area contributed by atoms with E-state index in [1.807, 2.05) is 24.3 Å². The Morgan fingerprint density at radius 1 is 1.08 bits per heavy atom. The number of carbonyl (C=O) groups excluding carboxylic acids is 2. The van der Waals surface area contributed by atoms with Gasteiger partial charge in [-0.2, -0.15) is 0 Å². The van der Waals surface area contributed by atoms with Gasteiger partial charge in [-0.25, -0.2) is 9.18 Å². The molecule has 0 saturated heterocycles. The van der Waals surface area contributed by atoms with Crippen molar-refractivity contribution in [3.8, 4) is 0 Å². The highest BCUT2D eigenvalue weighted by Crippen LogP contribution is 2.10. The minimum Gasteiger partial charge on any atom is -0.452 e. The van der Waals surface area contributed by atoms with E-state index in [4.69, 9.17) is 4.74 Å². The van der Waals surface area contributed by atoms with E-state index in [2.05, 4.69) is 12.2 Å². The second-order valence-electron chi connectivity index (χ2n) is 5.49. The minimum absolute atomic E-state index is 0.0843. The molecule has 0 atom stereocenters. The van der Waals surface area contributed by atoms with E-state index in [0.29, 0.717) is 12.1 Å². The highest BCUT2D eigenvalue weighted by molar-refractivity contribution is 5.91. The second kappa shape index (κ2) is 8.24. The van der Waals surface area contributed by atoms with Crippen LogP contribution in [0.2, 0.25) is 0 Å². The van der Waals surface area contributed by atoms with Crippen molar-refractivity contribution in [2.45, 2.75) is 26.8 Å². The number of aryl methyl sites for hydroxylation is 2. The van der Waals surface area contributed by atoms with Crippen LogP contribution in [0.25, 0.3) is 0 Å². The molecule has 0 saturated carbocycles. The molecule has 0 radical (unpaired) electrons. The van der Waals surface area contributed by atoms with E-state index in [1.54, 1.807) is 6.92 Å². The van der Waals surface area contributed by atoms with Crippen LogP contribution in [-0.4, -0.2) is 18.5 Å². The fourth-order valence-electron chi connectivity index (χ4n) is 2.08. The lowest BCUT2D eigenvalue weighted by atomic mass is 10.1. The molecule has 0 aliphatic rings. The van der Waals surface area contributed by atoms with Gasteiger partial charge in [-0.3, -0.25) is 4.79 Å². The molecular weight excluding hydrogens is 309 g/mol. The van der Waals surface area contributed by atoms with Crippen LogP contribution in [0.3, 0.4) is 0 Å². The van der Waals surface area contributed by atoms with Gasteiger partial charge in [0.2, 0.25) is 0 Å². The summed E-state index contributed by atoms with van der Waals surface area (Å²) in [5.74, 6) is -1.61. The summed E-state index contributed by atoms with van der Waals surface area (Å²) in [5.41, 5.74) is 2.72. The highest BCUT2D eigenvalue weighted by atomic mass is 19.1. The van der Waals surface area contributed by atoms with Crippen LogP contribution < -0.4 is 5.32 Å². The maximum atomic E-state index is 13.4. The molecule has 2 aromatic carbocycles. The van der Waals surface area contributed by atoms with Crippen molar-refractivity contribution >= 4 is 11.9 Å². The average Bonchev–Trinajstić information content (AvgIpc) is 2.60. The molecule has 1 amide bonds. The van der Waals surface area contributed by atoms with Gasteiger partial charge < -0.3 is 10.1 Å². The lowest BCUT2D eigenvalue weighted by Gasteiger charge is -2.08. The lowest BCUT2D eigenvalue weighted by molar-refractivity contribution is -0.124. The van der Waals surface area contributed by atoms with Gasteiger partial charge >= 0.3 is 5.97 Å². The van der Waals surface area contributed by atoms with Crippen molar-refractivity contribution in [2.75, 3.05) is 6.61 Å². The molecule has 0 spiro atoms. The smallest absolute Gasteiger partial charge is 0.338 e. The summed E-state index contributed by atoms with van der Waals surface area (Å²) in [5, 5.41) is 2.67. The Morgan fingerprint density at radius 2 is 1.75 bits per heavy atom. The van der Waals surface area contributed by atoms with Crippen LogP contribution in [0.5, 0.6) is 0 Å². The molecule has 2 aromatic rings. The average molecular weight is 329 g/mol. The summed E-state index contributed by atoms with van der Waals surface area (Å²) in [6, 6.07) is 12.0. The monoisotopic (exact) mass is 329 g/mol. The fraction of sp³-hybridized carbons (Fsp3) is 0.263. The molecule has 0 unspecified atom stereocenters. The molecule has 0 fully saturated rings. The van der Waals surface area contributed by atoms with Crippen molar-refractivity contribution in [1.29, 1.82) is 0 Å². The van der Waals surface area contributed by atoms with E-state index in [9.17, 15) is 14.0 Å². The largest absolute Gasteiger partial charge is 0.452 e. The highest BCUT2D eigenvalue weighted by Gasteiger charge is 2.11. The molecule has 0 bridgehead atoms. The molecular formula is C19H20FNO3. The first-order valence-corrected chi connectivity index (χ1v) is 7.77. The molecule has 24 heavy (non-hydrogen) atoms. The Kier molecular flexibility index (Phi) is 6.07. The van der Waals surface area contributed by atoms with E-state index in [0.717, 1.165) is 18.1 Å². The third-order valence-electron chi connectivity index (χ3n) is 3.66. The molecule has 0 heterocycles. The number of carbonyl (C=O) groups is 2. The maximum absolute atomic E-state index is 13.4. The topological polar surface area (TPSA) is 55.4 Å². The predicted octanol–water partition coefficient (Wildman–Crippen LogP) is 3.17. The zero-order chi connectivity index (χ0) is 17.5. The Bertz CT molecular complexity index is 726. The van der Waals surface area contributed by atoms with Crippen LogP contribution >= 0.6 is 0 Å². The van der Waals surface area contributed by atoms with E-state index >= 15 is 0 Å². The minimum atomic E-state index is -0.726. The number of hydrogen-bond acceptors (Lipinski definition) is 3. The molecule has 0 aliphatic heterocycles. The molecule has 126 valence electrons.